The molecule has 4 aliphatic rings. The summed E-state index contributed by atoms with van der Waals surface area (Å²) in [6.45, 7) is 0.336. The van der Waals surface area contributed by atoms with Crippen LogP contribution < -0.4 is 14.8 Å². The molecule has 4 fully saturated rings. The molecular formula is C23H31NO5. The lowest BCUT2D eigenvalue weighted by Gasteiger charge is -2.56. The van der Waals surface area contributed by atoms with Gasteiger partial charge >= 0.3 is 5.97 Å². The summed E-state index contributed by atoms with van der Waals surface area (Å²) in [7, 11) is 1.61. The smallest absolute Gasteiger partial charge is 0.325 e. The summed E-state index contributed by atoms with van der Waals surface area (Å²) in [4.78, 5) is 24.3. The fourth-order valence-electron chi connectivity index (χ4n) is 6.12. The molecule has 0 saturated heterocycles. The largest absolute Gasteiger partial charge is 0.497 e. The average Bonchev–Trinajstić information content (AvgIpc) is 2.69. The zero-order valence-electron chi connectivity index (χ0n) is 17.2. The van der Waals surface area contributed by atoms with Gasteiger partial charge in [-0.15, -0.1) is 0 Å². The van der Waals surface area contributed by atoms with Crippen molar-refractivity contribution in [1.82, 2.24) is 5.32 Å². The zero-order chi connectivity index (χ0) is 20.3. The van der Waals surface area contributed by atoms with Gasteiger partial charge in [-0.2, -0.15) is 0 Å². The second kappa shape index (κ2) is 8.64. The van der Waals surface area contributed by atoms with Crippen molar-refractivity contribution in [2.24, 2.45) is 23.2 Å². The fraction of sp³-hybridized carbons (Fsp3) is 0.652. The van der Waals surface area contributed by atoms with Crippen LogP contribution in [-0.4, -0.2) is 38.7 Å². The molecule has 1 aromatic carbocycles. The molecule has 0 unspecified atom stereocenters. The second-order valence-electron chi connectivity index (χ2n) is 9.12. The monoisotopic (exact) mass is 401 g/mol. The Labute approximate surface area is 172 Å². The van der Waals surface area contributed by atoms with Crippen LogP contribution in [0.3, 0.4) is 0 Å². The molecule has 6 nitrogen and oxygen atoms in total. The lowest BCUT2D eigenvalue weighted by Crippen LogP contribution is -2.48. The summed E-state index contributed by atoms with van der Waals surface area (Å²) >= 11 is 0. The van der Waals surface area contributed by atoms with Crippen LogP contribution in [0.5, 0.6) is 11.5 Å². The number of hydrogen-bond donors (Lipinski definition) is 1. The maximum Gasteiger partial charge on any atom is 0.325 e. The van der Waals surface area contributed by atoms with E-state index in [1.807, 2.05) is 0 Å². The Morgan fingerprint density at radius 3 is 2.14 bits per heavy atom. The lowest BCUT2D eigenvalue weighted by atomic mass is 9.49. The van der Waals surface area contributed by atoms with Crippen LogP contribution in [0.1, 0.15) is 44.9 Å². The topological polar surface area (TPSA) is 73.9 Å². The van der Waals surface area contributed by atoms with E-state index >= 15 is 0 Å². The molecule has 0 heterocycles. The number of methoxy groups -OCH3 is 1. The molecule has 0 aliphatic heterocycles. The molecule has 0 radical (unpaired) electrons. The number of benzene rings is 1. The average molecular weight is 402 g/mol. The first kappa shape index (κ1) is 20.0. The SMILES string of the molecule is COc1ccc(OCCOC(=O)CNC(=O)CC23CC4CC(CC(C4)C2)C3)cc1. The molecular weight excluding hydrogens is 370 g/mol. The maximum absolute atomic E-state index is 12.4. The molecule has 1 N–H and O–H groups in total. The second-order valence-corrected chi connectivity index (χ2v) is 9.12. The number of carbonyl (C=O) groups excluding carboxylic acids is 2. The Morgan fingerprint density at radius 2 is 1.55 bits per heavy atom. The van der Waals surface area contributed by atoms with Crippen molar-refractivity contribution in [3.63, 3.8) is 0 Å². The van der Waals surface area contributed by atoms with Gasteiger partial charge in [0.1, 0.15) is 31.3 Å². The normalized spacial score (nSPS) is 29.3. The summed E-state index contributed by atoms with van der Waals surface area (Å²) in [5.41, 5.74) is 0.189. The minimum atomic E-state index is -0.429. The van der Waals surface area contributed by atoms with Crippen LogP contribution in [0.2, 0.25) is 0 Å². The van der Waals surface area contributed by atoms with Gasteiger partial charge in [-0.25, -0.2) is 0 Å². The van der Waals surface area contributed by atoms with Crippen molar-refractivity contribution in [3.05, 3.63) is 24.3 Å². The summed E-state index contributed by atoms with van der Waals surface area (Å²) in [5, 5.41) is 2.76. The Balaban J connectivity index is 1.12. The van der Waals surface area contributed by atoms with E-state index in [0.29, 0.717) is 12.2 Å². The third-order valence-electron chi connectivity index (χ3n) is 6.81. The molecule has 0 atom stereocenters. The van der Waals surface area contributed by atoms with Crippen molar-refractivity contribution in [2.45, 2.75) is 44.9 Å². The van der Waals surface area contributed by atoms with E-state index in [4.69, 9.17) is 14.2 Å². The van der Waals surface area contributed by atoms with Gasteiger partial charge in [0.05, 0.1) is 7.11 Å². The van der Waals surface area contributed by atoms with Crippen LogP contribution in [-0.2, 0) is 14.3 Å². The minimum Gasteiger partial charge on any atom is -0.497 e. The van der Waals surface area contributed by atoms with E-state index in [1.54, 1.807) is 31.4 Å². The van der Waals surface area contributed by atoms with Gasteiger partial charge in [0.25, 0.3) is 0 Å². The van der Waals surface area contributed by atoms with E-state index < -0.39 is 5.97 Å². The Morgan fingerprint density at radius 1 is 0.966 bits per heavy atom. The molecule has 29 heavy (non-hydrogen) atoms. The number of amides is 1. The van der Waals surface area contributed by atoms with E-state index in [1.165, 1.54) is 38.5 Å². The predicted molar refractivity (Wildman–Crippen MR) is 108 cm³/mol. The number of hydrogen-bond acceptors (Lipinski definition) is 5. The Bertz CT molecular complexity index is 694. The summed E-state index contributed by atoms with van der Waals surface area (Å²) in [6.07, 6.45) is 8.24. The standard InChI is InChI=1S/C23H31NO5/c1-27-19-2-4-20(5-3-19)28-6-7-29-22(26)15-24-21(25)14-23-11-16-8-17(12-23)10-18(9-16)13-23/h2-5,16-18H,6-15H2,1H3,(H,24,25). The first-order valence-electron chi connectivity index (χ1n) is 10.7. The Kier molecular flexibility index (Phi) is 5.97. The van der Waals surface area contributed by atoms with Crippen molar-refractivity contribution in [3.8, 4) is 11.5 Å². The highest BCUT2D eigenvalue weighted by molar-refractivity contribution is 5.82. The highest BCUT2D eigenvalue weighted by atomic mass is 16.6. The molecule has 0 aromatic heterocycles. The van der Waals surface area contributed by atoms with Crippen LogP contribution in [0, 0.1) is 23.2 Å². The van der Waals surface area contributed by atoms with E-state index in [-0.39, 0.29) is 31.1 Å². The van der Waals surface area contributed by atoms with Crippen LogP contribution in [0.25, 0.3) is 0 Å². The van der Waals surface area contributed by atoms with Crippen LogP contribution in [0.4, 0.5) is 0 Å². The first-order chi connectivity index (χ1) is 14.0. The van der Waals surface area contributed by atoms with Gasteiger partial charge in [0, 0.05) is 6.42 Å². The molecule has 5 rings (SSSR count). The molecule has 0 spiro atoms. The maximum atomic E-state index is 12.4. The fourth-order valence-corrected chi connectivity index (χ4v) is 6.12. The first-order valence-corrected chi connectivity index (χ1v) is 10.7. The molecule has 158 valence electrons. The molecule has 1 amide bonds. The van der Waals surface area contributed by atoms with E-state index in [0.717, 1.165) is 23.5 Å². The molecule has 4 bridgehead atoms. The summed E-state index contributed by atoms with van der Waals surface area (Å²) in [5.74, 6) is 3.47. The predicted octanol–water partition coefficient (Wildman–Crippen LogP) is 3.34. The number of nitrogens with one attached hydrogen (secondary N) is 1. The number of carbonyl (C=O) groups is 2. The van der Waals surface area contributed by atoms with Gasteiger partial charge in [-0.05, 0) is 86.0 Å². The summed E-state index contributed by atoms with van der Waals surface area (Å²) < 4.78 is 15.8. The number of esters is 1. The van der Waals surface area contributed by atoms with Crippen molar-refractivity contribution in [1.29, 1.82) is 0 Å². The summed E-state index contributed by atoms with van der Waals surface area (Å²) in [6, 6.07) is 7.21. The number of rotatable bonds is 9. The van der Waals surface area contributed by atoms with Crippen LogP contribution in [0.15, 0.2) is 24.3 Å². The van der Waals surface area contributed by atoms with Crippen LogP contribution >= 0.6 is 0 Å². The minimum absolute atomic E-state index is 0.0154. The van der Waals surface area contributed by atoms with Crippen molar-refractivity contribution in [2.75, 3.05) is 26.9 Å². The highest BCUT2D eigenvalue weighted by Gasteiger charge is 2.51. The van der Waals surface area contributed by atoms with Gasteiger partial charge in [0.15, 0.2) is 0 Å². The van der Waals surface area contributed by atoms with E-state index in [2.05, 4.69) is 5.32 Å². The molecule has 4 aliphatic carbocycles. The van der Waals surface area contributed by atoms with Gasteiger partial charge < -0.3 is 19.5 Å². The van der Waals surface area contributed by atoms with Gasteiger partial charge in [-0.1, -0.05) is 0 Å². The molecule has 6 heteroatoms. The molecule has 4 saturated carbocycles. The lowest BCUT2D eigenvalue weighted by molar-refractivity contribution is -0.145. The third-order valence-corrected chi connectivity index (χ3v) is 6.81. The quantitative estimate of drug-likeness (QED) is 0.507. The third kappa shape index (κ3) is 5.03. The number of ether oxygens (including phenoxy) is 3. The highest BCUT2D eigenvalue weighted by Crippen LogP contribution is 2.61. The zero-order valence-corrected chi connectivity index (χ0v) is 17.2. The van der Waals surface area contributed by atoms with Crippen molar-refractivity contribution < 1.29 is 23.8 Å². The Hall–Kier alpha value is -2.24. The van der Waals surface area contributed by atoms with E-state index in [9.17, 15) is 9.59 Å². The van der Waals surface area contributed by atoms with Crippen molar-refractivity contribution >= 4 is 11.9 Å². The van der Waals surface area contributed by atoms with Gasteiger partial charge in [-0.3, -0.25) is 9.59 Å². The van der Waals surface area contributed by atoms with Gasteiger partial charge in [0.2, 0.25) is 5.91 Å². The molecule has 1 aromatic rings.